The van der Waals surface area contributed by atoms with E-state index in [1.807, 2.05) is 36.8 Å². The molecular formula is C23H24N4O3. The molecule has 2 aliphatic rings. The monoisotopic (exact) mass is 404 g/mol. The minimum atomic E-state index is -0.427. The lowest BCUT2D eigenvalue weighted by molar-refractivity contribution is -0.384. The Morgan fingerprint density at radius 1 is 1.13 bits per heavy atom. The first-order valence-corrected chi connectivity index (χ1v) is 10.4. The Labute approximate surface area is 174 Å². The van der Waals surface area contributed by atoms with Gasteiger partial charge in [0.2, 0.25) is 0 Å². The van der Waals surface area contributed by atoms with Crippen LogP contribution in [0.15, 0.2) is 61.1 Å². The van der Waals surface area contributed by atoms with Crippen LogP contribution in [0.3, 0.4) is 0 Å². The molecule has 2 atom stereocenters. The minimum absolute atomic E-state index is 0.0990. The van der Waals surface area contributed by atoms with E-state index in [0.29, 0.717) is 25.2 Å². The lowest BCUT2D eigenvalue weighted by Crippen LogP contribution is -2.38. The van der Waals surface area contributed by atoms with Crippen molar-refractivity contribution in [3.05, 3.63) is 76.7 Å². The molecule has 5 rings (SSSR count). The van der Waals surface area contributed by atoms with Crippen LogP contribution in [0.1, 0.15) is 30.9 Å². The fourth-order valence-corrected chi connectivity index (χ4v) is 5.01. The predicted octanol–water partition coefficient (Wildman–Crippen LogP) is 4.03. The summed E-state index contributed by atoms with van der Waals surface area (Å²) in [5.41, 5.74) is 4.36. The van der Waals surface area contributed by atoms with E-state index in [1.54, 1.807) is 12.1 Å². The second kappa shape index (κ2) is 7.57. The number of para-hydroxylation sites is 2. The van der Waals surface area contributed by atoms with Gasteiger partial charge < -0.3 is 14.6 Å². The normalized spacial score (nSPS) is 19.4. The quantitative estimate of drug-likeness (QED) is 0.513. The van der Waals surface area contributed by atoms with Crippen LogP contribution in [0.2, 0.25) is 0 Å². The summed E-state index contributed by atoms with van der Waals surface area (Å²) in [5.74, 6) is 0.184. The molecule has 0 radical (unpaired) electrons. The first-order chi connectivity index (χ1) is 14.6. The van der Waals surface area contributed by atoms with Crippen LogP contribution in [0, 0.1) is 16.0 Å². The van der Waals surface area contributed by atoms with Crippen LogP contribution in [0.25, 0.3) is 11.3 Å². The van der Waals surface area contributed by atoms with Gasteiger partial charge in [-0.25, -0.2) is 4.98 Å². The van der Waals surface area contributed by atoms with Crippen molar-refractivity contribution in [2.45, 2.75) is 31.4 Å². The first-order valence-electron chi connectivity index (χ1n) is 10.4. The van der Waals surface area contributed by atoms with Gasteiger partial charge in [-0.1, -0.05) is 36.4 Å². The van der Waals surface area contributed by atoms with Crippen LogP contribution in [0.4, 0.5) is 11.4 Å². The molecule has 1 saturated heterocycles. The van der Waals surface area contributed by atoms with Gasteiger partial charge in [-0.15, -0.1) is 0 Å². The molecule has 2 aliphatic heterocycles. The number of aliphatic hydroxyl groups is 1. The largest absolute Gasteiger partial charge is 0.393 e. The third-order valence-corrected chi connectivity index (χ3v) is 6.57. The molecular weight excluding hydrogens is 380 g/mol. The summed E-state index contributed by atoms with van der Waals surface area (Å²) in [4.78, 5) is 17.4. The molecule has 0 aliphatic carbocycles. The fourth-order valence-electron chi connectivity index (χ4n) is 5.01. The van der Waals surface area contributed by atoms with Crippen molar-refractivity contribution in [2.75, 3.05) is 18.0 Å². The maximum atomic E-state index is 11.3. The molecule has 2 aromatic carbocycles. The van der Waals surface area contributed by atoms with Gasteiger partial charge in [-0.3, -0.25) is 10.1 Å². The van der Waals surface area contributed by atoms with Gasteiger partial charge in [0.1, 0.15) is 5.69 Å². The lowest BCUT2D eigenvalue weighted by Gasteiger charge is -2.36. The van der Waals surface area contributed by atoms with Gasteiger partial charge in [-0.05, 0) is 36.8 Å². The van der Waals surface area contributed by atoms with Crippen molar-refractivity contribution in [1.29, 1.82) is 0 Å². The van der Waals surface area contributed by atoms with Crippen LogP contribution in [-0.2, 0) is 0 Å². The van der Waals surface area contributed by atoms with Crippen molar-refractivity contribution in [3.8, 4) is 11.3 Å². The molecule has 0 bridgehead atoms. The van der Waals surface area contributed by atoms with Gasteiger partial charge in [0, 0.05) is 24.7 Å². The summed E-state index contributed by atoms with van der Waals surface area (Å²) in [6.45, 7) is 1.42. The van der Waals surface area contributed by atoms with Crippen LogP contribution in [-0.4, -0.2) is 38.8 Å². The zero-order valence-corrected chi connectivity index (χ0v) is 16.6. The summed E-state index contributed by atoms with van der Waals surface area (Å²) in [5, 5.41) is 22.4. The third kappa shape index (κ3) is 3.15. The number of nitro benzene ring substituents is 1. The molecule has 1 N–H and O–H groups in total. The summed E-state index contributed by atoms with van der Waals surface area (Å²) in [7, 11) is 0. The van der Waals surface area contributed by atoms with Crippen LogP contribution in [0.5, 0.6) is 0 Å². The maximum absolute atomic E-state index is 11.3. The van der Waals surface area contributed by atoms with Crippen LogP contribution < -0.4 is 4.90 Å². The number of rotatable bonds is 5. The van der Waals surface area contributed by atoms with E-state index in [2.05, 4.69) is 26.6 Å². The van der Waals surface area contributed by atoms with E-state index in [1.165, 1.54) is 11.1 Å². The first kappa shape index (κ1) is 18.8. The summed E-state index contributed by atoms with van der Waals surface area (Å²) in [6.07, 6.45) is 5.59. The highest BCUT2D eigenvalue weighted by Crippen LogP contribution is 2.42. The van der Waals surface area contributed by atoms with E-state index in [-0.39, 0.29) is 22.6 Å². The molecule has 1 aromatic heterocycles. The smallest absolute Gasteiger partial charge is 0.292 e. The summed E-state index contributed by atoms with van der Waals surface area (Å²) in [6, 6.07) is 15.3. The van der Waals surface area contributed by atoms with Gasteiger partial charge in [0.05, 0.1) is 35.3 Å². The van der Waals surface area contributed by atoms with E-state index in [0.717, 1.165) is 18.5 Å². The zero-order valence-electron chi connectivity index (χ0n) is 16.6. The average Bonchev–Trinajstić information content (AvgIpc) is 3.36. The Morgan fingerprint density at radius 3 is 2.67 bits per heavy atom. The topological polar surface area (TPSA) is 84.4 Å². The van der Waals surface area contributed by atoms with E-state index < -0.39 is 6.10 Å². The van der Waals surface area contributed by atoms with E-state index in [9.17, 15) is 15.2 Å². The molecule has 3 heterocycles. The Hall–Kier alpha value is -3.19. The Kier molecular flexibility index (Phi) is 4.75. The molecule has 7 heteroatoms. The highest BCUT2D eigenvalue weighted by molar-refractivity contribution is 5.69. The number of hydrogen-bond donors (Lipinski definition) is 1. The molecule has 0 saturated carbocycles. The number of nitro groups is 1. The fraction of sp³-hybridized carbons (Fsp3) is 0.348. The minimum Gasteiger partial charge on any atom is -0.393 e. The molecule has 1 fully saturated rings. The van der Waals surface area contributed by atoms with Gasteiger partial charge >= 0.3 is 0 Å². The van der Waals surface area contributed by atoms with Crippen molar-refractivity contribution in [2.24, 2.45) is 5.92 Å². The molecule has 30 heavy (non-hydrogen) atoms. The highest BCUT2D eigenvalue weighted by Gasteiger charge is 2.34. The number of anilines is 1. The van der Waals surface area contributed by atoms with Crippen molar-refractivity contribution >= 4 is 11.4 Å². The highest BCUT2D eigenvalue weighted by atomic mass is 16.6. The second-order valence-electron chi connectivity index (χ2n) is 8.16. The molecule has 0 amide bonds. The summed E-state index contributed by atoms with van der Waals surface area (Å²) < 4.78 is 2.16. The SMILES string of the molecule is O=[N+]([O-])c1ccccc1N1CCC(C(O)CC2c3ccccc3-c3cncn32)CC1. The number of imidazole rings is 1. The number of nitrogens with zero attached hydrogens (tertiary/aromatic N) is 4. The van der Waals surface area contributed by atoms with Gasteiger partial charge in [-0.2, -0.15) is 0 Å². The maximum Gasteiger partial charge on any atom is 0.292 e. The average molecular weight is 404 g/mol. The molecule has 0 spiro atoms. The van der Waals surface area contributed by atoms with Crippen molar-refractivity contribution < 1.29 is 10.0 Å². The van der Waals surface area contributed by atoms with E-state index >= 15 is 0 Å². The standard InChI is InChI=1S/C23H24N4O3/c28-23(13-21-17-5-1-2-6-18(17)22-14-24-15-26(21)22)16-9-11-25(12-10-16)19-7-3-4-8-20(19)27(29)30/h1-8,14-16,21,23,28H,9-13H2. The number of hydrogen-bond acceptors (Lipinski definition) is 5. The lowest BCUT2D eigenvalue weighted by atomic mass is 9.86. The van der Waals surface area contributed by atoms with Crippen LogP contribution >= 0.6 is 0 Å². The van der Waals surface area contributed by atoms with Gasteiger partial charge in [0.15, 0.2) is 0 Å². The second-order valence-corrected chi connectivity index (χ2v) is 8.16. The number of benzene rings is 2. The van der Waals surface area contributed by atoms with Crippen molar-refractivity contribution in [1.82, 2.24) is 9.55 Å². The number of piperidine rings is 1. The number of aromatic nitrogens is 2. The Morgan fingerprint density at radius 2 is 1.87 bits per heavy atom. The third-order valence-electron chi connectivity index (χ3n) is 6.57. The van der Waals surface area contributed by atoms with Gasteiger partial charge in [0.25, 0.3) is 5.69 Å². The Balaban J connectivity index is 1.28. The van der Waals surface area contributed by atoms with Crippen molar-refractivity contribution in [3.63, 3.8) is 0 Å². The Bertz CT molecular complexity index is 1070. The molecule has 154 valence electrons. The molecule has 3 aromatic rings. The number of aliphatic hydroxyl groups excluding tert-OH is 1. The van der Waals surface area contributed by atoms with E-state index in [4.69, 9.17) is 0 Å². The predicted molar refractivity (Wildman–Crippen MR) is 114 cm³/mol. The summed E-state index contributed by atoms with van der Waals surface area (Å²) >= 11 is 0. The number of fused-ring (bicyclic) bond motifs is 3. The zero-order chi connectivity index (χ0) is 20.7. The molecule has 2 unspecified atom stereocenters. The molecule has 7 nitrogen and oxygen atoms in total.